The summed E-state index contributed by atoms with van der Waals surface area (Å²) in [5.74, 6) is 1.03. The quantitative estimate of drug-likeness (QED) is 0.731. The number of hydrogen-bond acceptors (Lipinski definition) is 5. The van der Waals surface area contributed by atoms with Crippen LogP contribution >= 0.6 is 0 Å². The van der Waals surface area contributed by atoms with E-state index in [1.54, 1.807) is 37.4 Å². The molecule has 132 valence electrons. The Morgan fingerprint density at radius 1 is 0.885 bits per heavy atom. The van der Waals surface area contributed by atoms with E-state index < -0.39 is 0 Å². The van der Waals surface area contributed by atoms with Gasteiger partial charge in [-0.1, -0.05) is 24.3 Å². The normalized spacial score (nSPS) is 10.1. The average molecular weight is 350 g/mol. The van der Waals surface area contributed by atoms with Gasteiger partial charge in [0.1, 0.15) is 5.75 Å². The van der Waals surface area contributed by atoms with Gasteiger partial charge in [-0.25, -0.2) is 4.79 Å². The number of ether oxygens (including phenoxy) is 2. The van der Waals surface area contributed by atoms with Gasteiger partial charge in [-0.3, -0.25) is 0 Å². The molecule has 2 aromatic carbocycles. The van der Waals surface area contributed by atoms with E-state index >= 15 is 0 Å². The summed E-state index contributed by atoms with van der Waals surface area (Å²) in [5, 5.41) is 13.6. The minimum atomic E-state index is -0.368. The Labute approximate surface area is 151 Å². The summed E-state index contributed by atoms with van der Waals surface area (Å²) in [6.45, 7) is 0. The second-order valence-electron chi connectivity index (χ2n) is 5.32. The lowest BCUT2D eigenvalue weighted by Gasteiger charge is -2.11. The van der Waals surface area contributed by atoms with Crippen LogP contribution in [-0.2, 0) is 0 Å². The highest BCUT2D eigenvalue weighted by Gasteiger charge is 2.08. The topological polar surface area (TPSA) is 85.4 Å². The minimum Gasteiger partial charge on any atom is -0.495 e. The van der Waals surface area contributed by atoms with Crippen LogP contribution in [0.1, 0.15) is 0 Å². The molecule has 7 nitrogen and oxygen atoms in total. The van der Waals surface area contributed by atoms with Crippen molar-refractivity contribution in [3.63, 3.8) is 0 Å². The highest BCUT2D eigenvalue weighted by atomic mass is 16.5. The van der Waals surface area contributed by atoms with E-state index in [1.165, 1.54) is 7.11 Å². The molecule has 0 radical (unpaired) electrons. The second-order valence-corrected chi connectivity index (χ2v) is 5.32. The molecule has 0 saturated heterocycles. The number of para-hydroxylation sites is 2. The van der Waals surface area contributed by atoms with E-state index in [1.807, 2.05) is 30.3 Å². The summed E-state index contributed by atoms with van der Waals surface area (Å²) in [6.07, 6.45) is 0. The van der Waals surface area contributed by atoms with Crippen molar-refractivity contribution >= 4 is 17.4 Å². The van der Waals surface area contributed by atoms with Crippen molar-refractivity contribution in [3.8, 4) is 22.9 Å². The van der Waals surface area contributed by atoms with Gasteiger partial charge in [0.15, 0.2) is 0 Å². The monoisotopic (exact) mass is 350 g/mol. The number of amides is 2. The maximum Gasteiger partial charge on any atom is 0.323 e. The lowest BCUT2D eigenvalue weighted by atomic mass is 10.1. The van der Waals surface area contributed by atoms with Crippen molar-refractivity contribution in [1.82, 2.24) is 10.2 Å². The van der Waals surface area contributed by atoms with Crippen LogP contribution in [0, 0.1) is 0 Å². The molecular formula is C19H18N4O3. The molecule has 0 bridgehead atoms. The molecule has 2 amide bonds. The molecule has 0 fully saturated rings. The van der Waals surface area contributed by atoms with Crippen molar-refractivity contribution < 1.29 is 14.3 Å². The van der Waals surface area contributed by atoms with Crippen molar-refractivity contribution in [2.75, 3.05) is 24.9 Å². The minimum absolute atomic E-state index is 0.368. The number of urea groups is 1. The van der Waals surface area contributed by atoms with Crippen molar-refractivity contribution in [2.45, 2.75) is 0 Å². The van der Waals surface area contributed by atoms with Crippen LogP contribution in [0.2, 0.25) is 0 Å². The Balaban J connectivity index is 1.72. The first-order valence-corrected chi connectivity index (χ1v) is 7.89. The first kappa shape index (κ1) is 17.2. The third kappa shape index (κ3) is 4.07. The summed E-state index contributed by atoms with van der Waals surface area (Å²) in [4.78, 5) is 12.3. The van der Waals surface area contributed by atoms with Crippen LogP contribution < -0.4 is 20.1 Å². The van der Waals surface area contributed by atoms with E-state index in [0.717, 1.165) is 5.56 Å². The van der Waals surface area contributed by atoms with Crippen LogP contribution in [0.15, 0.2) is 60.7 Å². The summed E-state index contributed by atoms with van der Waals surface area (Å²) < 4.78 is 10.2. The maximum absolute atomic E-state index is 12.3. The van der Waals surface area contributed by atoms with Gasteiger partial charge < -0.3 is 20.1 Å². The molecule has 0 atom stereocenters. The lowest BCUT2D eigenvalue weighted by Crippen LogP contribution is -2.19. The van der Waals surface area contributed by atoms with Crippen LogP contribution in [0.25, 0.3) is 11.3 Å². The van der Waals surface area contributed by atoms with Gasteiger partial charge in [-0.05, 0) is 30.3 Å². The largest absolute Gasteiger partial charge is 0.495 e. The van der Waals surface area contributed by atoms with Crippen molar-refractivity contribution in [2.24, 2.45) is 0 Å². The SMILES string of the molecule is COc1ccc(-c2cccc(NC(=O)Nc3ccccc3OC)c2)nn1. The predicted molar refractivity (Wildman–Crippen MR) is 99.7 cm³/mol. The van der Waals surface area contributed by atoms with Gasteiger partial charge in [-0.2, -0.15) is 0 Å². The number of nitrogens with zero attached hydrogens (tertiary/aromatic N) is 2. The smallest absolute Gasteiger partial charge is 0.323 e. The summed E-state index contributed by atoms with van der Waals surface area (Å²) >= 11 is 0. The van der Waals surface area contributed by atoms with E-state index in [9.17, 15) is 4.79 Å². The zero-order chi connectivity index (χ0) is 18.4. The molecule has 0 saturated carbocycles. The molecule has 0 aliphatic rings. The zero-order valence-corrected chi connectivity index (χ0v) is 14.4. The maximum atomic E-state index is 12.3. The number of aromatic nitrogens is 2. The Bertz CT molecular complexity index is 897. The number of rotatable bonds is 5. The molecule has 0 spiro atoms. The second kappa shape index (κ2) is 7.98. The first-order chi connectivity index (χ1) is 12.7. The Kier molecular flexibility index (Phi) is 5.28. The fourth-order valence-electron chi connectivity index (χ4n) is 2.37. The standard InChI is InChI=1S/C19H18N4O3/c1-25-17-9-4-3-8-16(17)21-19(24)20-14-7-5-6-13(12-14)15-10-11-18(26-2)23-22-15/h3-12H,1-2H3,(H2,20,21,24). The molecule has 3 rings (SSSR count). The zero-order valence-electron chi connectivity index (χ0n) is 14.4. The highest BCUT2D eigenvalue weighted by Crippen LogP contribution is 2.24. The molecule has 26 heavy (non-hydrogen) atoms. The summed E-state index contributed by atoms with van der Waals surface area (Å²) in [5.41, 5.74) is 2.73. The van der Waals surface area contributed by atoms with E-state index in [4.69, 9.17) is 9.47 Å². The van der Waals surface area contributed by atoms with Crippen molar-refractivity contribution in [3.05, 3.63) is 60.7 Å². The predicted octanol–water partition coefficient (Wildman–Crippen LogP) is 3.80. The third-order valence-electron chi connectivity index (χ3n) is 3.62. The summed E-state index contributed by atoms with van der Waals surface area (Å²) in [7, 11) is 3.09. The van der Waals surface area contributed by atoms with Gasteiger partial charge >= 0.3 is 6.03 Å². The van der Waals surface area contributed by atoms with Gasteiger partial charge in [0.25, 0.3) is 0 Å². The molecule has 0 aliphatic heterocycles. The first-order valence-electron chi connectivity index (χ1n) is 7.89. The van der Waals surface area contributed by atoms with Crippen LogP contribution in [-0.4, -0.2) is 30.4 Å². The lowest BCUT2D eigenvalue weighted by molar-refractivity contribution is 0.262. The Hall–Kier alpha value is -3.61. The number of anilines is 2. The van der Waals surface area contributed by atoms with E-state index in [2.05, 4.69) is 20.8 Å². The van der Waals surface area contributed by atoms with Crippen LogP contribution in [0.5, 0.6) is 11.6 Å². The molecule has 1 heterocycles. The Morgan fingerprint density at radius 2 is 1.73 bits per heavy atom. The Morgan fingerprint density at radius 3 is 2.46 bits per heavy atom. The highest BCUT2D eigenvalue weighted by molar-refractivity contribution is 6.00. The fraction of sp³-hybridized carbons (Fsp3) is 0.105. The molecular weight excluding hydrogens is 332 g/mol. The van der Waals surface area contributed by atoms with Crippen molar-refractivity contribution in [1.29, 1.82) is 0 Å². The molecule has 3 aromatic rings. The van der Waals surface area contributed by atoms with Gasteiger partial charge in [0, 0.05) is 17.3 Å². The fourth-order valence-corrected chi connectivity index (χ4v) is 2.37. The molecule has 2 N–H and O–H groups in total. The van der Waals surface area contributed by atoms with Crippen LogP contribution in [0.4, 0.5) is 16.2 Å². The number of benzene rings is 2. The van der Waals surface area contributed by atoms with Gasteiger partial charge in [-0.15, -0.1) is 10.2 Å². The van der Waals surface area contributed by atoms with Crippen LogP contribution in [0.3, 0.4) is 0 Å². The molecule has 1 aromatic heterocycles. The van der Waals surface area contributed by atoms with E-state index in [0.29, 0.717) is 28.7 Å². The molecule has 7 heteroatoms. The third-order valence-corrected chi connectivity index (χ3v) is 3.62. The number of nitrogens with one attached hydrogen (secondary N) is 2. The average Bonchev–Trinajstić information content (AvgIpc) is 2.68. The number of carbonyl (C=O) groups excluding carboxylic acids is 1. The van der Waals surface area contributed by atoms with Gasteiger partial charge in [0.2, 0.25) is 5.88 Å². The molecule has 0 aliphatic carbocycles. The molecule has 0 unspecified atom stereocenters. The van der Waals surface area contributed by atoms with Gasteiger partial charge in [0.05, 0.1) is 25.6 Å². The summed E-state index contributed by atoms with van der Waals surface area (Å²) in [6, 6.07) is 17.7. The van der Waals surface area contributed by atoms with E-state index in [-0.39, 0.29) is 6.03 Å². The number of carbonyl (C=O) groups is 1. The number of hydrogen-bond donors (Lipinski definition) is 2. The number of methoxy groups -OCH3 is 2.